The first kappa shape index (κ1) is 9.87. The van der Waals surface area contributed by atoms with Crippen LogP contribution in [0.1, 0.15) is 16.8 Å². The van der Waals surface area contributed by atoms with E-state index in [-0.39, 0.29) is 6.61 Å². The summed E-state index contributed by atoms with van der Waals surface area (Å²) in [5.41, 5.74) is 3.13. The summed E-state index contributed by atoms with van der Waals surface area (Å²) < 4.78 is 0. The maximum absolute atomic E-state index is 8.88. The van der Waals surface area contributed by atoms with Crippen molar-refractivity contribution >= 4 is 0 Å². The Hall–Kier alpha value is -1.67. The third kappa shape index (κ3) is 2.64. The van der Waals surface area contributed by atoms with E-state index in [4.69, 9.17) is 5.11 Å². The molecular weight excluding hydrogens is 186 g/mol. The van der Waals surface area contributed by atoms with Crippen molar-refractivity contribution in [3.05, 3.63) is 65.5 Å². The molecule has 0 atom stereocenters. The minimum absolute atomic E-state index is 0.0542. The number of aliphatic hydroxyl groups is 1. The zero-order valence-corrected chi connectivity index (χ0v) is 8.43. The number of aromatic nitrogens is 1. The van der Waals surface area contributed by atoms with E-state index in [0.29, 0.717) is 0 Å². The lowest BCUT2D eigenvalue weighted by Gasteiger charge is -2.01. The normalized spacial score (nSPS) is 10.2. The van der Waals surface area contributed by atoms with E-state index in [0.717, 1.165) is 17.7 Å². The summed E-state index contributed by atoms with van der Waals surface area (Å²) in [6.07, 6.45) is 2.56. The average molecular weight is 199 g/mol. The molecular formula is C13H13NO. The predicted molar refractivity (Wildman–Crippen MR) is 59.4 cm³/mol. The lowest BCUT2D eigenvalue weighted by Crippen LogP contribution is -1.93. The van der Waals surface area contributed by atoms with Crippen LogP contribution in [0.25, 0.3) is 0 Å². The minimum Gasteiger partial charge on any atom is -0.392 e. The highest BCUT2D eigenvalue weighted by molar-refractivity contribution is 5.22. The molecule has 1 N–H and O–H groups in total. The van der Waals surface area contributed by atoms with Crippen LogP contribution in [0.2, 0.25) is 0 Å². The Labute approximate surface area is 89.2 Å². The van der Waals surface area contributed by atoms with Gasteiger partial charge in [-0.1, -0.05) is 36.4 Å². The first-order valence-electron chi connectivity index (χ1n) is 4.97. The van der Waals surface area contributed by atoms with Gasteiger partial charge in [-0.2, -0.15) is 0 Å². The molecule has 2 rings (SSSR count). The zero-order chi connectivity index (χ0) is 10.5. The first-order chi connectivity index (χ1) is 7.38. The number of nitrogens with zero attached hydrogens (tertiary/aromatic N) is 1. The monoisotopic (exact) mass is 199 g/mol. The van der Waals surface area contributed by atoms with Crippen LogP contribution in [0, 0.1) is 0 Å². The summed E-state index contributed by atoms with van der Waals surface area (Å²) in [6.45, 7) is 0.0542. The van der Waals surface area contributed by atoms with Gasteiger partial charge in [-0.3, -0.25) is 4.98 Å². The lowest BCUT2D eigenvalue weighted by atomic mass is 10.1. The molecule has 0 aliphatic carbocycles. The van der Waals surface area contributed by atoms with Gasteiger partial charge >= 0.3 is 0 Å². The Morgan fingerprint density at radius 1 is 0.933 bits per heavy atom. The Balaban J connectivity index is 2.11. The van der Waals surface area contributed by atoms with Gasteiger partial charge in [0.25, 0.3) is 0 Å². The second-order valence-corrected chi connectivity index (χ2v) is 3.48. The molecule has 0 aliphatic rings. The van der Waals surface area contributed by atoms with Crippen LogP contribution in [0.5, 0.6) is 0 Å². The quantitative estimate of drug-likeness (QED) is 0.821. The fourth-order valence-corrected chi connectivity index (χ4v) is 1.46. The van der Waals surface area contributed by atoms with E-state index in [1.807, 2.05) is 30.3 Å². The zero-order valence-electron chi connectivity index (χ0n) is 8.43. The molecule has 0 fully saturated rings. The largest absolute Gasteiger partial charge is 0.392 e. The number of hydrogen-bond acceptors (Lipinski definition) is 2. The summed E-state index contributed by atoms with van der Waals surface area (Å²) in [5.74, 6) is 0. The Kier molecular flexibility index (Phi) is 3.10. The van der Waals surface area contributed by atoms with Gasteiger partial charge in [-0.05, 0) is 17.2 Å². The van der Waals surface area contributed by atoms with Crippen LogP contribution in [-0.2, 0) is 13.0 Å². The van der Waals surface area contributed by atoms with Crippen LogP contribution >= 0.6 is 0 Å². The molecule has 2 aromatic rings. The molecule has 15 heavy (non-hydrogen) atoms. The predicted octanol–water partition coefficient (Wildman–Crippen LogP) is 2.16. The van der Waals surface area contributed by atoms with E-state index >= 15 is 0 Å². The highest BCUT2D eigenvalue weighted by Crippen LogP contribution is 2.07. The SMILES string of the molecule is OCc1ccc(Cc2ccccc2)nc1. The van der Waals surface area contributed by atoms with Crippen LogP contribution in [-0.4, -0.2) is 10.1 Å². The van der Waals surface area contributed by atoms with E-state index in [2.05, 4.69) is 17.1 Å². The summed E-state index contributed by atoms with van der Waals surface area (Å²) in [6, 6.07) is 14.1. The fourth-order valence-electron chi connectivity index (χ4n) is 1.46. The van der Waals surface area contributed by atoms with Gasteiger partial charge in [-0.25, -0.2) is 0 Å². The molecule has 0 aliphatic heterocycles. The Morgan fingerprint density at radius 3 is 2.33 bits per heavy atom. The van der Waals surface area contributed by atoms with Gasteiger partial charge in [0.2, 0.25) is 0 Å². The standard InChI is InChI=1S/C13H13NO/c15-10-12-6-7-13(14-9-12)8-11-4-2-1-3-5-11/h1-7,9,15H,8,10H2. The van der Waals surface area contributed by atoms with Crippen molar-refractivity contribution in [3.63, 3.8) is 0 Å². The number of hydrogen-bond donors (Lipinski definition) is 1. The molecule has 2 heteroatoms. The molecule has 1 heterocycles. The summed E-state index contributed by atoms with van der Waals surface area (Å²) in [5, 5.41) is 8.88. The van der Waals surface area contributed by atoms with E-state index in [1.165, 1.54) is 5.56 Å². The molecule has 1 aromatic carbocycles. The van der Waals surface area contributed by atoms with Gasteiger partial charge in [-0.15, -0.1) is 0 Å². The van der Waals surface area contributed by atoms with Crippen molar-refractivity contribution < 1.29 is 5.11 Å². The molecule has 0 radical (unpaired) electrons. The number of pyridine rings is 1. The third-order valence-corrected chi connectivity index (χ3v) is 2.30. The fraction of sp³-hybridized carbons (Fsp3) is 0.154. The van der Waals surface area contributed by atoms with Crippen LogP contribution in [0.3, 0.4) is 0 Å². The van der Waals surface area contributed by atoms with Crippen molar-refractivity contribution in [2.75, 3.05) is 0 Å². The van der Waals surface area contributed by atoms with Gasteiger partial charge in [0, 0.05) is 18.3 Å². The van der Waals surface area contributed by atoms with E-state index < -0.39 is 0 Å². The molecule has 0 spiro atoms. The molecule has 0 bridgehead atoms. The van der Waals surface area contributed by atoms with Crippen LogP contribution in [0.15, 0.2) is 48.7 Å². The molecule has 1 aromatic heterocycles. The van der Waals surface area contributed by atoms with Gasteiger partial charge in [0.15, 0.2) is 0 Å². The summed E-state index contributed by atoms with van der Waals surface area (Å²) in [7, 11) is 0. The molecule has 76 valence electrons. The molecule has 2 nitrogen and oxygen atoms in total. The second kappa shape index (κ2) is 4.71. The third-order valence-electron chi connectivity index (χ3n) is 2.30. The number of aliphatic hydroxyl groups excluding tert-OH is 1. The molecule has 0 unspecified atom stereocenters. The van der Waals surface area contributed by atoms with Crippen LogP contribution in [0.4, 0.5) is 0 Å². The van der Waals surface area contributed by atoms with Crippen molar-refractivity contribution in [3.8, 4) is 0 Å². The Morgan fingerprint density at radius 2 is 1.73 bits per heavy atom. The van der Waals surface area contributed by atoms with Gasteiger partial charge < -0.3 is 5.11 Å². The molecule has 0 saturated carbocycles. The lowest BCUT2D eigenvalue weighted by molar-refractivity contribution is 0.281. The van der Waals surface area contributed by atoms with Gasteiger partial charge in [0.05, 0.1) is 6.61 Å². The van der Waals surface area contributed by atoms with Crippen molar-refractivity contribution in [2.45, 2.75) is 13.0 Å². The first-order valence-corrected chi connectivity index (χ1v) is 4.97. The highest BCUT2D eigenvalue weighted by atomic mass is 16.3. The van der Waals surface area contributed by atoms with E-state index in [1.54, 1.807) is 6.20 Å². The summed E-state index contributed by atoms with van der Waals surface area (Å²) >= 11 is 0. The smallest absolute Gasteiger partial charge is 0.0696 e. The minimum atomic E-state index is 0.0542. The maximum atomic E-state index is 8.88. The number of benzene rings is 1. The second-order valence-electron chi connectivity index (χ2n) is 3.48. The number of rotatable bonds is 3. The van der Waals surface area contributed by atoms with E-state index in [9.17, 15) is 0 Å². The molecule has 0 amide bonds. The van der Waals surface area contributed by atoms with Gasteiger partial charge in [0.1, 0.15) is 0 Å². The van der Waals surface area contributed by atoms with Crippen molar-refractivity contribution in [1.82, 2.24) is 4.98 Å². The summed E-state index contributed by atoms with van der Waals surface area (Å²) in [4.78, 5) is 4.28. The van der Waals surface area contributed by atoms with Crippen LogP contribution < -0.4 is 0 Å². The molecule has 0 saturated heterocycles. The topological polar surface area (TPSA) is 33.1 Å². The maximum Gasteiger partial charge on any atom is 0.0696 e. The van der Waals surface area contributed by atoms with Crippen molar-refractivity contribution in [2.24, 2.45) is 0 Å². The highest BCUT2D eigenvalue weighted by Gasteiger charge is 1.97. The van der Waals surface area contributed by atoms with Crippen molar-refractivity contribution in [1.29, 1.82) is 0 Å². The Bertz CT molecular complexity index is 408. The average Bonchev–Trinajstić information content (AvgIpc) is 2.31.